The fourth-order valence-electron chi connectivity index (χ4n) is 4.13. The van der Waals surface area contributed by atoms with E-state index in [-0.39, 0.29) is 0 Å². The van der Waals surface area contributed by atoms with Crippen molar-refractivity contribution in [1.82, 2.24) is 9.13 Å². The van der Waals surface area contributed by atoms with E-state index in [1.165, 1.54) is 43.6 Å². The van der Waals surface area contributed by atoms with Crippen LogP contribution >= 0.6 is 0 Å². The van der Waals surface area contributed by atoms with Crippen LogP contribution in [0.1, 0.15) is 6.92 Å². The molecule has 2 heterocycles. The van der Waals surface area contributed by atoms with Gasteiger partial charge in [0, 0.05) is 57.2 Å². The Bertz CT molecular complexity index is 1200. The summed E-state index contributed by atoms with van der Waals surface area (Å²) < 4.78 is 4.73. The van der Waals surface area contributed by atoms with E-state index >= 15 is 0 Å². The van der Waals surface area contributed by atoms with Gasteiger partial charge in [-0.2, -0.15) is 0 Å². The van der Waals surface area contributed by atoms with Crippen LogP contribution in [0.25, 0.3) is 43.6 Å². The molecular weight excluding hydrogens is 280 g/mol. The summed E-state index contributed by atoms with van der Waals surface area (Å²) in [6.45, 7) is 3.21. The SMILES string of the molecule is CCn1c2ccccc2c2c3c4ccccc4n(C)c3ccc21. The van der Waals surface area contributed by atoms with Crippen molar-refractivity contribution in [3.8, 4) is 0 Å². The Labute approximate surface area is 134 Å². The number of fused-ring (bicyclic) bond motifs is 7. The molecule has 5 aromatic rings. The molecule has 0 N–H and O–H groups in total. The van der Waals surface area contributed by atoms with Gasteiger partial charge in [0.25, 0.3) is 0 Å². The summed E-state index contributed by atoms with van der Waals surface area (Å²) in [6.07, 6.45) is 0. The number of aryl methyl sites for hydroxylation is 2. The highest BCUT2D eigenvalue weighted by atomic mass is 15.0. The highest BCUT2D eigenvalue weighted by molar-refractivity contribution is 6.28. The first-order valence-corrected chi connectivity index (χ1v) is 8.18. The molecule has 112 valence electrons. The average Bonchev–Trinajstić information content (AvgIpc) is 3.08. The minimum Gasteiger partial charge on any atom is -0.344 e. The molecule has 5 rings (SSSR count). The second kappa shape index (κ2) is 4.39. The number of hydrogen-bond acceptors (Lipinski definition) is 0. The van der Waals surface area contributed by atoms with Gasteiger partial charge in [0.05, 0.1) is 0 Å². The van der Waals surface area contributed by atoms with Crippen molar-refractivity contribution < 1.29 is 0 Å². The first-order chi connectivity index (χ1) is 11.3. The number of aromatic nitrogens is 2. The largest absolute Gasteiger partial charge is 0.344 e. The maximum Gasteiger partial charge on any atom is 0.0499 e. The Hall–Kier alpha value is -2.74. The molecule has 0 saturated carbocycles. The van der Waals surface area contributed by atoms with Gasteiger partial charge in [-0.25, -0.2) is 0 Å². The van der Waals surface area contributed by atoms with Crippen LogP contribution in [0.3, 0.4) is 0 Å². The zero-order chi connectivity index (χ0) is 15.6. The minimum absolute atomic E-state index is 0.986. The number of benzene rings is 3. The third-order valence-corrected chi connectivity index (χ3v) is 5.13. The van der Waals surface area contributed by atoms with Gasteiger partial charge >= 0.3 is 0 Å². The van der Waals surface area contributed by atoms with E-state index in [0.717, 1.165) is 6.54 Å². The highest BCUT2D eigenvalue weighted by Crippen LogP contribution is 2.39. The normalized spacial score (nSPS) is 12.1. The van der Waals surface area contributed by atoms with Crippen LogP contribution < -0.4 is 0 Å². The van der Waals surface area contributed by atoms with Gasteiger partial charge in [0.15, 0.2) is 0 Å². The predicted octanol–water partition coefficient (Wildman–Crippen LogP) is 5.46. The molecule has 0 fully saturated rings. The number of rotatable bonds is 1. The lowest BCUT2D eigenvalue weighted by Gasteiger charge is -2.03. The van der Waals surface area contributed by atoms with Crippen LogP contribution in [0.15, 0.2) is 60.7 Å². The van der Waals surface area contributed by atoms with Crippen molar-refractivity contribution in [2.24, 2.45) is 7.05 Å². The average molecular weight is 298 g/mol. The molecule has 0 amide bonds. The molecule has 0 bridgehead atoms. The van der Waals surface area contributed by atoms with Gasteiger partial charge in [0.1, 0.15) is 0 Å². The molecule has 0 aliphatic rings. The fourth-order valence-corrected chi connectivity index (χ4v) is 4.13. The van der Waals surface area contributed by atoms with Gasteiger partial charge in [-0.05, 0) is 31.2 Å². The molecule has 23 heavy (non-hydrogen) atoms. The first-order valence-electron chi connectivity index (χ1n) is 8.18. The fraction of sp³-hybridized carbons (Fsp3) is 0.143. The van der Waals surface area contributed by atoms with Crippen LogP contribution in [0.5, 0.6) is 0 Å². The topological polar surface area (TPSA) is 9.86 Å². The van der Waals surface area contributed by atoms with Gasteiger partial charge in [-0.15, -0.1) is 0 Å². The van der Waals surface area contributed by atoms with E-state index in [0.29, 0.717) is 0 Å². The summed E-state index contributed by atoms with van der Waals surface area (Å²) in [5.74, 6) is 0. The lowest BCUT2D eigenvalue weighted by atomic mass is 10.1. The molecule has 0 unspecified atom stereocenters. The summed E-state index contributed by atoms with van der Waals surface area (Å²) in [7, 11) is 2.16. The molecule has 0 spiro atoms. The molecular formula is C21H18N2. The molecule has 0 aliphatic carbocycles. The standard InChI is InChI=1S/C21H18N2/c1-3-23-17-11-7-5-9-15(17)21-19(23)13-12-18-20(21)14-8-4-6-10-16(14)22(18)2/h4-13H,3H2,1-2H3. The van der Waals surface area contributed by atoms with Gasteiger partial charge in [0.2, 0.25) is 0 Å². The van der Waals surface area contributed by atoms with Crippen LogP contribution in [0.2, 0.25) is 0 Å². The van der Waals surface area contributed by atoms with Gasteiger partial charge < -0.3 is 9.13 Å². The minimum atomic E-state index is 0.986. The van der Waals surface area contributed by atoms with Crippen LogP contribution in [0, 0.1) is 0 Å². The Balaban J connectivity index is 2.19. The highest BCUT2D eigenvalue weighted by Gasteiger charge is 2.16. The Morgan fingerprint density at radius 1 is 0.652 bits per heavy atom. The molecule has 0 radical (unpaired) electrons. The predicted molar refractivity (Wildman–Crippen MR) is 99.1 cm³/mol. The lowest BCUT2D eigenvalue weighted by Crippen LogP contribution is -1.92. The van der Waals surface area contributed by atoms with Crippen molar-refractivity contribution in [3.05, 3.63) is 60.7 Å². The summed E-state index contributed by atoms with van der Waals surface area (Å²) in [6, 6.07) is 22.0. The molecule has 2 aromatic heterocycles. The second-order valence-corrected chi connectivity index (χ2v) is 6.19. The quantitative estimate of drug-likeness (QED) is 0.389. The molecule has 0 saturated heterocycles. The zero-order valence-corrected chi connectivity index (χ0v) is 13.4. The zero-order valence-electron chi connectivity index (χ0n) is 13.4. The van der Waals surface area contributed by atoms with Crippen molar-refractivity contribution in [3.63, 3.8) is 0 Å². The summed E-state index contributed by atoms with van der Waals surface area (Å²) in [4.78, 5) is 0. The van der Waals surface area contributed by atoms with Crippen LogP contribution in [-0.4, -0.2) is 9.13 Å². The van der Waals surface area contributed by atoms with Gasteiger partial charge in [-0.3, -0.25) is 0 Å². The molecule has 0 atom stereocenters. The Kier molecular flexibility index (Phi) is 2.44. The van der Waals surface area contributed by atoms with Crippen LogP contribution in [0.4, 0.5) is 0 Å². The molecule has 2 nitrogen and oxygen atoms in total. The number of para-hydroxylation sites is 2. The summed E-state index contributed by atoms with van der Waals surface area (Å²) in [5, 5.41) is 5.46. The molecule has 3 aromatic carbocycles. The van der Waals surface area contributed by atoms with E-state index in [9.17, 15) is 0 Å². The van der Waals surface area contributed by atoms with E-state index in [1.54, 1.807) is 0 Å². The molecule has 0 aliphatic heterocycles. The Morgan fingerprint density at radius 2 is 1.22 bits per heavy atom. The number of nitrogens with zero attached hydrogens (tertiary/aromatic N) is 2. The van der Waals surface area contributed by atoms with Crippen molar-refractivity contribution in [1.29, 1.82) is 0 Å². The van der Waals surface area contributed by atoms with Crippen molar-refractivity contribution in [2.45, 2.75) is 13.5 Å². The second-order valence-electron chi connectivity index (χ2n) is 6.19. The smallest absolute Gasteiger partial charge is 0.0499 e. The van der Waals surface area contributed by atoms with Crippen molar-refractivity contribution in [2.75, 3.05) is 0 Å². The first kappa shape index (κ1) is 12.8. The van der Waals surface area contributed by atoms with E-state index < -0.39 is 0 Å². The molecule has 2 heteroatoms. The third kappa shape index (κ3) is 1.48. The maximum atomic E-state index is 2.42. The summed E-state index contributed by atoms with van der Waals surface area (Å²) in [5.41, 5.74) is 5.25. The summed E-state index contributed by atoms with van der Waals surface area (Å²) >= 11 is 0. The van der Waals surface area contributed by atoms with Crippen LogP contribution in [-0.2, 0) is 13.6 Å². The monoisotopic (exact) mass is 298 g/mol. The lowest BCUT2D eigenvalue weighted by molar-refractivity contribution is 0.827. The maximum absolute atomic E-state index is 2.42. The van der Waals surface area contributed by atoms with E-state index in [2.05, 4.69) is 83.8 Å². The number of hydrogen-bond donors (Lipinski definition) is 0. The van der Waals surface area contributed by atoms with Crippen molar-refractivity contribution >= 4 is 43.6 Å². The van der Waals surface area contributed by atoms with E-state index in [1.807, 2.05) is 0 Å². The van der Waals surface area contributed by atoms with Gasteiger partial charge in [-0.1, -0.05) is 36.4 Å². The Morgan fingerprint density at radius 3 is 1.96 bits per heavy atom. The third-order valence-electron chi connectivity index (χ3n) is 5.13. The van der Waals surface area contributed by atoms with E-state index in [4.69, 9.17) is 0 Å².